The van der Waals surface area contributed by atoms with Gasteiger partial charge in [0.1, 0.15) is 5.75 Å². The first kappa shape index (κ1) is 18.5. The fourth-order valence-electron chi connectivity index (χ4n) is 2.65. The molecule has 7 heteroatoms. The highest BCUT2D eigenvalue weighted by molar-refractivity contribution is 8.04. The highest BCUT2D eigenvalue weighted by atomic mass is 35.5. The van der Waals surface area contributed by atoms with Crippen LogP contribution in [0.15, 0.2) is 53.4 Å². The molecule has 134 valence electrons. The van der Waals surface area contributed by atoms with Crippen LogP contribution in [0.3, 0.4) is 0 Å². The van der Waals surface area contributed by atoms with E-state index in [0.29, 0.717) is 38.3 Å². The molecule has 0 aromatic heterocycles. The van der Waals surface area contributed by atoms with E-state index in [0.717, 1.165) is 16.7 Å². The number of halogens is 1. The number of carbonyl (C=O) groups is 2. The summed E-state index contributed by atoms with van der Waals surface area (Å²) in [5, 5.41) is 9.68. The summed E-state index contributed by atoms with van der Waals surface area (Å²) in [5.74, 6) is 0.0440. The predicted octanol–water partition coefficient (Wildman–Crippen LogP) is 3.36. The Balaban J connectivity index is 2.06. The second kappa shape index (κ2) is 7.95. The van der Waals surface area contributed by atoms with Gasteiger partial charge in [0.05, 0.1) is 29.9 Å². The lowest BCUT2D eigenvalue weighted by molar-refractivity contribution is -0.119. The summed E-state index contributed by atoms with van der Waals surface area (Å²) in [6, 6.07) is 13.5. The van der Waals surface area contributed by atoms with E-state index in [-0.39, 0.29) is 6.61 Å². The van der Waals surface area contributed by atoms with Crippen molar-refractivity contribution < 1.29 is 19.4 Å². The lowest BCUT2D eigenvalue weighted by Crippen LogP contribution is -2.31. The summed E-state index contributed by atoms with van der Waals surface area (Å²) in [7, 11) is 1.52. The number of methoxy groups -OCH3 is 1. The van der Waals surface area contributed by atoms with E-state index < -0.39 is 11.8 Å². The molecule has 3 rings (SSSR count). The predicted molar refractivity (Wildman–Crippen MR) is 103 cm³/mol. The van der Waals surface area contributed by atoms with Gasteiger partial charge in [0.25, 0.3) is 11.8 Å². The third-order valence-electron chi connectivity index (χ3n) is 3.82. The van der Waals surface area contributed by atoms with Crippen molar-refractivity contribution in [1.29, 1.82) is 0 Å². The molecule has 2 amide bonds. The molecule has 5 nitrogen and oxygen atoms in total. The van der Waals surface area contributed by atoms with E-state index in [2.05, 4.69) is 0 Å². The Bertz CT molecular complexity index is 879. The van der Waals surface area contributed by atoms with Gasteiger partial charge in [0.15, 0.2) is 0 Å². The second-order valence-corrected chi connectivity index (χ2v) is 6.97. The Morgan fingerprint density at radius 1 is 1.12 bits per heavy atom. The average Bonchev–Trinajstić information content (AvgIpc) is 2.90. The molecule has 0 fully saturated rings. The van der Waals surface area contributed by atoms with Gasteiger partial charge in [-0.2, -0.15) is 0 Å². The molecule has 0 saturated heterocycles. The van der Waals surface area contributed by atoms with Crippen molar-refractivity contribution in [3.05, 3.63) is 64.0 Å². The minimum Gasteiger partial charge on any atom is -0.497 e. The minimum absolute atomic E-state index is 0.0945. The number of ether oxygens (including phenoxy) is 1. The van der Waals surface area contributed by atoms with E-state index in [1.165, 1.54) is 7.11 Å². The summed E-state index contributed by atoms with van der Waals surface area (Å²) in [6.07, 6.45) is 0. The number of hydrogen-bond acceptors (Lipinski definition) is 5. The SMILES string of the molecule is COc1cccc(N2C(=O)C(SCCO)=C(c3ccc(Cl)cc3)C2=O)c1. The topological polar surface area (TPSA) is 66.8 Å². The zero-order chi connectivity index (χ0) is 18.7. The zero-order valence-electron chi connectivity index (χ0n) is 13.9. The molecular formula is C19H16ClNO4S. The van der Waals surface area contributed by atoms with E-state index in [9.17, 15) is 9.59 Å². The number of imide groups is 1. The van der Waals surface area contributed by atoms with E-state index in [1.807, 2.05) is 0 Å². The van der Waals surface area contributed by atoms with E-state index in [4.69, 9.17) is 21.4 Å². The highest BCUT2D eigenvalue weighted by Crippen LogP contribution is 2.39. The Morgan fingerprint density at radius 3 is 2.50 bits per heavy atom. The lowest BCUT2D eigenvalue weighted by Gasteiger charge is -2.16. The lowest BCUT2D eigenvalue weighted by atomic mass is 10.1. The van der Waals surface area contributed by atoms with Crippen LogP contribution in [-0.2, 0) is 9.59 Å². The Morgan fingerprint density at radius 2 is 1.85 bits per heavy atom. The number of rotatable bonds is 6. The highest BCUT2D eigenvalue weighted by Gasteiger charge is 2.40. The summed E-state index contributed by atoms with van der Waals surface area (Å²) in [4.78, 5) is 27.5. The van der Waals surface area contributed by atoms with Crippen molar-refractivity contribution >= 4 is 46.4 Å². The van der Waals surface area contributed by atoms with Crippen LogP contribution in [0, 0.1) is 0 Å². The molecule has 2 aromatic rings. The monoisotopic (exact) mass is 389 g/mol. The number of nitrogens with zero attached hydrogens (tertiary/aromatic N) is 1. The van der Waals surface area contributed by atoms with Crippen LogP contribution in [0.2, 0.25) is 5.02 Å². The van der Waals surface area contributed by atoms with Crippen molar-refractivity contribution in [1.82, 2.24) is 0 Å². The fraction of sp³-hybridized carbons (Fsp3) is 0.158. The summed E-state index contributed by atoms with van der Waals surface area (Å²) >= 11 is 7.10. The standard InChI is InChI=1S/C19H16ClNO4S/c1-25-15-4-2-3-14(11-15)21-18(23)16(12-5-7-13(20)8-6-12)17(19(21)24)26-10-9-22/h2-8,11,22H,9-10H2,1H3. The number of thioether (sulfide) groups is 1. The fourth-order valence-corrected chi connectivity index (χ4v) is 3.63. The van der Waals surface area contributed by atoms with Crippen molar-refractivity contribution in [2.45, 2.75) is 0 Å². The van der Waals surface area contributed by atoms with Crippen molar-refractivity contribution in [2.75, 3.05) is 24.4 Å². The number of aliphatic hydroxyl groups is 1. The van der Waals surface area contributed by atoms with Crippen LogP contribution in [-0.4, -0.2) is 36.4 Å². The molecule has 0 unspecified atom stereocenters. The minimum atomic E-state index is -0.411. The zero-order valence-corrected chi connectivity index (χ0v) is 15.5. The van der Waals surface area contributed by atoms with Gasteiger partial charge in [-0.25, -0.2) is 4.90 Å². The molecule has 0 spiro atoms. The number of aliphatic hydroxyl groups excluding tert-OH is 1. The van der Waals surface area contributed by atoms with Crippen LogP contribution in [0.25, 0.3) is 5.57 Å². The van der Waals surface area contributed by atoms with Gasteiger partial charge in [-0.3, -0.25) is 9.59 Å². The quantitative estimate of drug-likeness (QED) is 0.767. The van der Waals surface area contributed by atoms with Crippen LogP contribution < -0.4 is 9.64 Å². The number of anilines is 1. The third kappa shape index (κ3) is 3.49. The maximum Gasteiger partial charge on any atom is 0.272 e. The maximum atomic E-state index is 13.1. The van der Waals surface area contributed by atoms with Crippen molar-refractivity contribution in [2.24, 2.45) is 0 Å². The third-order valence-corrected chi connectivity index (χ3v) is 5.13. The largest absolute Gasteiger partial charge is 0.497 e. The number of hydrogen-bond donors (Lipinski definition) is 1. The molecule has 0 bridgehead atoms. The van der Waals surface area contributed by atoms with Crippen molar-refractivity contribution in [3.63, 3.8) is 0 Å². The van der Waals surface area contributed by atoms with Gasteiger partial charge in [-0.05, 0) is 29.8 Å². The normalized spacial score (nSPS) is 14.3. The first-order valence-electron chi connectivity index (χ1n) is 7.83. The molecular weight excluding hydrogens is 374 g/mol. The van der Waals surface area contributed by atoms with Gasteiger partial charge < -0.3 is 9.84 Å². The molecule has 1 N–H and O–H groups in total. The molecule has 0 radical (unpaired) electrons. The molecule has 1 aliphatic heterocycles. The molecule has 1 aliphatic rings. The first-order valence-corrected chi connectivity index (χ1v) is 9.20. The Labute approximate surface area is 160 Å². The Kier molecular flexibility index (Phi) is 5.66. The van der Waals surface area contributed by atoms with Gasteiger partial charge in [0.2, 0.25) is 0 Å². The van der Waals surface area contributed by atoms with Gasteiger partial charge in [0, 0.05) is 16.8 Å². The van der Waals surface area contributed by atoms with Gasteiger partial charge in [-0.15, -0.1) is 11.8 Å². The van der Waals surface area contributed by atoms with E-state index >= 15 is 0 Å². The second-order valence-electron chi connectivity index (χ2n) is 5.43. The summed E-state index contributed by atoms with van der Waals surface area (Å²) < 4.78 is 5.19. The number of carbonyl (C=O) groups excluding carboxylic acids is 2. The smallest absolute Gasteiger partial charge is 0.272 e. The van der Waals surface area contributed by atoms with Gasteiger partial charge >= 0.3 is 0 Å². The van der Waals surface area contributed by atoms with Crippen LogP contribution in [0.4, 0.5) is 5.69 Å². The van der Waals surface area contributed by atoms with Crippen LogP contribution >= 0.6 is 23.4 Å². The molecule has 0 atom stereocenters. The summed E-state index contributed by atoms with van der Waals surface area (Å²) in [6.45, 7) is -0.0945. The maximum absolute atomic E-state index is 13.1. The molecule has 1 heterocycles. The summed E-state index contributed by atoms with van der Waals surface area (Å²) in [5.41, 5.74) is 1.36. The molecule has 26 heavy (non-hydrogen) atoms. The van der Waals surface area contributed by atoms with Crippen LogP contribution in [0.1, 0.15) is 5.56 Å². The van der Waals surface area contributed by atoms with Gasteiger partial charge in [-0.1, -0.05) is 29.8 Å². The first-order chi connectivity index (χ1) is 12.6. The number of amides is 2. The molecule has 0 saturated carbocycles. The Hall–Kier alpha value is -2.28. The molecule has 2 aromatic carbocycles. The van der Waals surface area contributed by atoms with Crippen LogP contribution in [0.5, 0.6) is 5.75 Å². The van der Waals surface area contributed by atoms with E-state index in [1.54, 1.807) is 48.5 Å². The molecule has 0 aliphatic carbocycles. The van der Waals surface area contributed by atoms with Crippen molar-refractivity contribution in [3.8, 4) is 5.75 Å². The number of benzene rings is 2. The average molecular weight is 390 g/mol.